The van der Waals surface area contributed by atoms with Gasteiger partial charge < -0.3 is 10.2 Å². The van der Waals surface area contributed by atoms with E-state index >= 15 is 0 Å². The highest BCUT2D eigenvalue weighted by Gasteiger charge is 2.35. The lowest BCUT2D eigenvalue weighted by molar-refractivity contribution is 0.246. The molecule has 116 valence electrons. The molecule has 1 N–H and O–H groups in total. The molecule has 2 nitrogen and oxygen atoms in total. The molecule has 1 saturated heterocycles. The average Bonchev–Trinajstić information content (AvgIpc) is 2.66. The van der Waals surface area contributed by atoms with Crippen molar-refractivity contribution >= 4 is 21.6 Å². The Morgan fingerprint density at radius 2 is 1.81 bits per heavy atom. The maximum atomic E-state index is 14.2. The van der Waals surface area contributed by atoms with Crippen LogP contribution in [-0.4, -0.2) is 25.2 Å². The van der Waals surface area contributed by atoms with Gasteiger partial charge in [-0.3, -0.25) is 0 Å². The normalized spacial score (nSPS) is 22.3. The van der Waals surface area contributed by atoms with E-state index in [1.165, 1.54) is 19.3 Å². The number of benzene rings is 1. The Kier molecular flexibility index (Phi) is 4.50. The fourth-order valence-corrected chi connectivity index (χ4v) is 3.98. The molecule has 0 amide bonds. The van der Waals surface area contributed by atoms with Crippen molar-refractivity contribution in [3.8, 4) is 0 Å². The first-order valence-corrected chi connectivity index (χ1v) is 8.53. The number of hydrogen-bond donors (Lipinski definition) is 1. The third-order valence-electron chi connectivity index (χ3n) is 4.74. The van der Waals surface area contributed by atoms with Crippen molar-refractivity contribution in [3.05, 3.63) is 28.2 Å². The first-order chi connectivity index (χ1) is 10.1. The van der Waals surface area contributed by atoms with E-state index in [2.05, 4.69) is 26.1 Å². The highest BCUT2D eigenvalue weighted by atomic mass is 79.9. The second-order valence-corrected chi connectivity index (χ2v) is 7.11. The van der Waals surface area contributed by atoms with E-state index in [0.29, 0.717) is 10.2 Å². The Labute approximate surface area is 133 Å². The molecule has 0 radical (unpaired) electrons. The number of nitrogens with one attached hydrogen (secondary N) is 1. The summed E-state index contributed by atoms with van der Waals surface area (Å²) in [5.74, 6) is -1.01. The molecule has 0 atom stereocenters. The summed E-state index contributed by atoms with van der Waals surface area (Å²) in [5, 5.41) is 3.69. The fourth-order valence-electron chi connectivity index (χ4n) is 3.65. The van der Waals surface area contributed by atoms with Crippen molar-refractivity contribution in [1.82, 2.24) is 5.32 Å². The fraction of sp³-hybridized carbons (Fsp3) is 0.625. The highest BCUT2D eigenvalue weighted by molar-refractivity contribution is 9.10. The number of nitrogens with zero attached hydrogens (tertiary/aromatic N) is 1. The smallest absolute Gasteiger partial charge is 0.149 e. The SMILES string of the molecule is Fc1cc(F)c(N2CCCNC3(CCCCC3)C2)cc1Br. The molecule has 1 heterocycles. The Morgan fingerprint density at radius 1 is 1.05 bits per heavy atom. The van der Waals surface area contributed by atoms with Crippen molar-refractivity contribution < 1.29 is 8.78 Å². The second kappa shape index (κ2) is 6.21. The van der Waals surface area contributed by atoms with Gasteiger partial charge in [-0.25, -0.2) is 8.78 Å². The molecule has 0 bridgehead atoms. The van der Waals surface area contributed by atoms with Crippen molar-refractivity contribution in [2.24, 2.45) is 0 Å². The van der Waals surface area contributed by atoms with Crippen molar-refractivity contribution in [2.75, 3.05) is 24.5 Å². The number of halogens is 3. The molecule has 1 aliphatic carbocycles. The molecular weight excluding hydrogens is 338 g/mol. The molecule has 5 heteroatoms. The van der Waals surface area contributed by atoms with Gasteiger partial charge in [0.15, 0.2) is 0 Å². The highest BCUT2D eigenvalue weighted by Crippen LogP contribution is 2.34. The Hall–Kier alpha value is -0.680. The van der Waals surface area contributed by atoms with Crippen LogP contribution < -0.4 is 10.2 Å². The number of hydrogen-bond acceptors (Lipinski definition) is 2. The third-order valence-corrected chi connectivity index (χ3v) is 5.35. The molecule has 0 aromatic heterocycles. The van der Waals surface area contributed by atoms with Crippen LogP contribution in [0, 0.1) is 11.6 Å². The molecular formula is C16H21BrF2N2. The van der Waals surface area contributed by atoms with Crippen molar-refractivity contribution in [2.45, 2.75) is 44.1 Å². The van der Waals surface area contributed by atoms with Gasteiger partial charge in [-0.15, -0.1) is 0 Å². The lowest BCUT2D eigenvalue weighted by Crippen LogP contribution is -2.52. The van der Waals surface area contributed by atoms with Crippen LogP contribution >= 0.6 is 15.9 Å². The summed E-state index contributed by atoms with van der Waals surface area (Å²) in [6.45, 7) is 2.59. The molecule has 1 aliphatic heterocycles. The van der Waals surface area contributed by atoms with Gasteiger partial charge >= 0.3 is 0 Å². The van der Waals surface area contributed by atoms with Gasteiger partial charge in [0.05, 0.1) is 10.2 Å². The van der Waals surface area contributed by atoms with Gasteiger partial charge in [0.1, 0.15) is 11.6 Å². The van der Waals surface area contributed by atoms with Gasteiger partial charge in [0, 0.05) is 24.7 Å². The van der Waals surface area contributed by atoms with E-state index in [9.17, 15) is 8.78 Å². The van der Waals surface area contributed by atoms with E-state index < -0.39 is 11.6 Å². The summed E-state index contributed by atoms with van der Waals surface area (Å²) in [7, 11) is 0. The van der Waals surface area contributed by atoms with Crippen LogP contribution in [0.2, 0.25) is 0 Å². The topological polar surface area (TPSA) is 15.3 Å². The zero-order chi connectivity index (χ0) is 14.9. The largest absolute Gasteiger partial charge is 0.367 e. The quantitative estimate of drug-likeness (QED) is 0.755. The van der Waals surface area contributed by atoms with E-state index in [0.717, 1.165) is 45.0 Å². The van der Waals surface area contributed by atoms with Crippen LogP contribution in [0.5, 0.6) is 0 Å². The van der Waals surface area contributed by atoms with E-state index in [-0.39, 0.29) is 5.54 Å². The predicted octanol–water partition coefficient (Wildman–Crippen LogP) is 4.23. The summed E-state index contributed by atoms with van der Waals surface area (Å²) in [4.78, 5) is 2.09. The molecule has 0 unspecified atom stereocenters. The molecule has 1 aromatic rings. The third kappa shape index (κ3) is 3.24. The Bertz CT molecular complexity index is 515. The zero-order valence-corrected chi connectivity index (χ0v) is 13.7. The van der Waals surface area contributed by atoms with E-state index in [1.54, 1.807) is 6.07 Å². The molecule has 3 rings (SSSR count). The average molecular weight is 359 g/mol. The summed E-state index contributed by atoms with van der Waals surface area (Å²) < 4.78 is 27.9. The number of rotatable bonds is 1. The van der Waals surface area contributed by atoms with Crippen molar-refractivity contribution in [3.63, 3.8) is 0 Å². The molecule has 2 fully saturated rings. The van der Waals surface area contributed by atoms with Gasteiger partial charge in [0.25, 0.3) is 0 Å². The minimum atomic E-state index is -0.545. The lowest BCUT2D eigenvalue weighted by atomic mass is 9.81. The predicted molar refractivity (Wildman–Crippen MR) is 84.7 cm³/mol. The van der Waals surface area contributed by atoms with Crippen LogP contribution in [0.15, 0.2) is 16.6 Å². The second-order valence-electron chi connectivity index (χ2n) is 6.26. The lowest BCUT2D eigenvalue weighted by Gasteiger charge is -2.40. The van der Waals surface area contributed by atoms with Gasteiger partial charge in [-0.05, 0) is 47.8 Å². The van der Waals surface area contributed by atoms with E-state index in [1.807, 2.05) is 0 Å². The van der Waals surface area contributed by atoms with E-state index in [4.69, 9.17) is 0 Å². The van der Waals surface area contributed by atoms with Gasteiger partial charge in [-0.1, -0.05) is 19.3 Å². The molecule has 1 aromatic carbocycles. The van der Waals surface area contributed by atoms with Gasteiger partial charge in [-0.2, -0.15) is 0 Å². The Balaban J connectivity index is 1.88. The molecule has 1 spiro atoms. The minimum absolute atomic E-state index is 0.0993. The van der Waals surface area contributed by atoms with Crippen LogP contribution in [0.1, 0.15) is 38.5 Å². The molecule has 2 aliphatic rings. The van der Waals surface area contributed by atoms with Crippen LogP contribution in [0.25, 0.3) is 0 Å². The summed E-state index contributed by atoms with van der Waals surface area (Å²) >= 11 is 3.17. The maximum Gasteiger partial charge on any atom is 0.149 e. The Morgan fingerprint density at radius 3 is 2.57 bits per heavy atom. The van der Waals surface area contributed by atoms with Crippen LogP contribution in [0.3, 0.4) is 0 Å². The van der Waals surface area contributed by atoms with Gasteiger partial charge in [0.2, 0.25) is 0 Å². The first-order valence-electron chi connectivity index (χ1n) is 7.74. The summed E-state index contributed by atoms with van der Waals surface area (Å²) in [5.41, 5.74) is 0.610. The maximum absolute atomic E-state index is 14.2. The van der Waals surface area contributed by atoms with Crippen LogP contribution in [-0.2, 0) is 0 Å². The molecule has 1 saturated carbocycles. The standard InChI is InChI=1S/C16H21BrF2N2/c17-12-9-15(14(19)10-13(12)18)21-8-4-7-20-16(11-21)5-2-1-3-6-16/h9-10,20H,1-8,11H2. The first kappa shape index (κ1) is 15.2. The summed E-state index contributed by atoms with van der Waals surface area (Å²) in [6.07, 6.45) is 7.03. The number of anilines is 1. The zero-order valence-electron chi connectivity index (χ0n) is 12.1. The van der Waals surface area contributed by atoms with Crippen molar-refractivity contribution in [1.29, 1.82) is 0 Å². The van der Waals surface area contributed by atoms with Crippen LogP contribution in [0.4, 0.5) is 14.5 Å². The monoisotopic (exact) mass is 358 g/mol. The minimum Gasteiger partial charge on any atom is -0.367 e. The summed E-state index contributed by atoms with van der Waals surface area (Å²) in [6, 6.07) is 2.55. The molecule has 21 heavy (non-hydrogen) atoms.